The van der Waals surface area contributed by atoms with E-state index in [0.29, 0.717) is 22.5 Å². The van der Waals surface area contributed by atoms with E-state index in [2.05, 4.69) is 5.32 Å². The second-order valence-corrected chi connectivity index (χ2v) is 2.75. The van der Waals surface area contributed by atoms with Gasteiger partial charge in [-0.1, -0.05) is 5.46 Å². The van der Waals surface area contributed by atoms with Crippen LogP contribution in [0.15, 0.2) is 12.1 Å². The minimum atomic E-state index is -0.198. The third kappa shape index (κ3) is 2.15. The maximum absolute atomic E-state index is 10.7. The number of carbonyl (C=O) groups excluding carboxylic acids is 1. The topological polar surface area (TPSA) is 81.1 Å². The number of hydrogen-bond acceptors (Lipinski definition) is 3. The zero-order valence-electron chi connectivity index (χ0n) is 7.29. The highest BCUT2D eigenvalue weighted by Crippen LogP contribution is 2.18. The van der Waals surface area contributed by atoms with Gasteiger partial charge in [-0.05, 0) is 12.1 Å². The number of nitrogens with two attached hydrogens (primary N) is 2. The van der Waals surface area contributed by atoms with Gasteiger partial charge in [0, 0.05) is 12.6 Å². The van der Waals surface area contributed by atoms with Crippen LogP contribution in [0.3, 0.4) is 0 Å². The van der Waals surface area contributed by atoms with Crippen LogP contribution in [0.1, 0.15) is 6.92 Å². The fourth-order valence-electron chi connectivity index (χ4n) is 0.949. The highest BCUT2D eigenvalue weighted by Gasteiger charge is 2.03. The van der Waals surface area contributed by atoms with Crippen LogP contribution in [0.5, 0.6) is 0 Å². The van der Waals surface area contributed by atoms with E-state index in [1.807, 2.05) is 0 Å². The molecule has 0 aliphatic heterocycles. The van der Waals surface area contributed by atoms with Gasteiger partial charge >= 0.3 is 0 Å². The number of anilines is 3. The Bertz CT molecular complexity index is 351. The molecule has 1 aromatic carbocycles. The van der Waals surface area contributed by atoms with Crippen LogP contribution in [0.4, 0.5) is 17.1 Å². The lowest BCUT2D eigenvalue weighted by molar-refractivity contribution is -0.114. The van der Waals surface area contributed by atoms with E-state index in [0.717, 1.165) is 0 Å². The fourth-order valence-corrected chi connectivity index (χ4v) is 0.949. The molecule has 5 heteroatoms. The summed E-state index contributed by atoms with van der Waals surface area (Å²) in [5.74, 6) is -0.198. The molecule has 0 saturated carbocycles. The van der Waals surface area contributed by atoms with Crippen LogP contribution < -0.4 is 22.2 Å². The molecule has 1 amide bonds. The van der Waals surface area contributed by atoms with Crippen LogP contribution >= 0.6 is 0 Å². The number of benzene rings is 1. The molecular weight excluding hydrogens is 165 g/mol. The molecule has 0 aliphatic carbocycles. The summed E-state index contributed by atoms with van der Waals surface area (Å²) in [6.45, 7) is 1.39. The van der Waals surface area contributed by atoms with Gasteiger partial charge in [0.1, 0.15) is 7.85 Å². The standard InChI is InChI=1S/C8H10BN3O/c1-4(13)12-8-3-6(10)5(9)2-7(8)11/h2-3H,10-11H2,1H3,(H,12,13). The Balaban J connectivity index is 3.08. The molecule has 0 bridgehead atoms. The van der Waals surface area contributed by atoms with Crippen LogP contribution in [0.25, 0.3) is 0 Å². The van der Waals surface area contributed by atoms with Gasteiger partial charge in [0.2, 0.25) is 5.91 Å². The zero-order valence-corrected chi connectivity index (χ0v) is 7.29. The van der Waals surface area contributed by atoms with Gasteiger partial charge in [-0.2, -0.15) is 0 Å². The summed E-state index contributed by atoms with van der Waals surface area (Å²) >= 11 is 0. The van der Waals surface area contributed by atoms with Gasteiger partial charge in [0.25, 0.3) is 0 Å². The van der Waals surface area contributed by atoms with Gasteiger partial charge in [-0.25, -0.2) is 0 Å². The van der Waals surface area contributed by atoms with Crippen molar-refractivity contribution in [1.82, 2.24) is 0 Å². The van der Waals surface area contributed by atoms with Crippen molar-refractivity contribution < 1.29 is 4.79 Å². The van der Waals surface area contributed by atoms with Crippen molar-refractivity contribution in [2.75, 3.05) is 16.8 Å². The third-order valence-corrected chi connectivity index (χ3v) is 1.57. The van der Waals surface area contributed by atoms with Crippen LogP contribution in [0.2, 0.25) is 0 Å². The minimum absolute atomic E-state index is 0.198. The molecule has 4 nitrogen and oxygen atoms in total. The van der Waals surface area contributed by atoms with E-state index >= 15 is 0 Å². The monoisotopic (exact) mass is 175 g/mol. The Morgan fingerprint density at radius 3 is 2.54 bits per heavy atom. The average Bonchev–Trinajstić information content (AvgIpc) is 1.99. The highest BCUT2D eigenvalue weighted by molar-refractivity contribution is 6.36. The molecule has 13 heavy (non-hydrogen) atoms. The Morgan fingerprint density at radius 1 is 1.38 bits per heavy atom. The first-order valence-electron chi connectivity index (χ1n) is 3.72. The maximum atomic E-state index is 10.7. The van der Waals surface area contributed by atoms with Crippen molar-refractivity contribution in [2.45, 2.75) is 6.92 Å². The largest absolute Gasteiger partial charge is 0.399 e. The van der Waals surface area contributed by atoms with E-state index in [4.69, 9.17) is 19.3 Å². The van der Waals surface area contributed by atoms with Gasteiger partial charge in [0.15, 0.2) is 0 Å². The molecule has 0 aliphatic rings. The predicted molar refractivity (Wildman–Crippen MR) is 55.0 cm³/mol. The van der Waals surface area contributed by atoms with E-state index in [1.54, 1.807) is 0 Å². The fraction of sp³-hybridized carbons (Fsp3) is 0.125. The SMILES string of the molecule is [B]c1cc(N)c(NC(C)=O)cc1N. The van der Waals surface area contributed by atoms with Crippen molar-refractivity contribution in [2.24, 2.45) is 0 Å². The molecule has 66 valence electrons. The number of hydrogen-bond donors (Lipinski definition) is 3. The first-order chi connectivity index (χ1) is 6.00. The van der Waals surface area contributed by atoms with E-state index in [1.165, 1.54) is 19.1 Å². The molecule has 1 aromatic rings. The quantitative estimate of drug-likeness (QED) is 0.401. The Kier molecular flexibility index (Phi) is 2.46. The average molecular weight is 175 g/mol. The Labute approximate surface area is 77.7 Å². The second-order valence-electron chi connectivity index (χ2n) is 2.75. The Morgan fingerprint density at radius 2 is 2.00 bits per heavy atom. The molecule has 0 heterocycles. The summed E-state index contributed by atoms with van der Waals surface area (Å²) in [4.78, 5) is 10.7. The Hall–Kier alpha value is -1.65. The van der Waals surface area contributed by atoms with Crippen LogP contribution in [-0.4, -0.2) is 13.8 Å². The van der Waals surface area contributed by atoms with Crippen molar-refractivity contribution >= 4 is 36.3 Å². The lowest BCUT2D eigenvalue weighted by Crippen LogP contribution is -2.14. The number of amides is 1. The molecular formula is C8H10BN3O. The molecule has 5 N–H and O–H groups in total. The zero-order chi connectivity index (χ0) is 10.0. The maximum Gasteiger partial charge on any atom is 0.221 e. The molecule has 0 saturated heterocycles. The smallest absolute Gasteiger partial charge is 0.221 e. The van der Waals surface area contributed by atoms with Crippen molar-refractivity contribution in [3.63, 3.8) is 0 Å². The number of nitrogens with one attached hydrogen (secondary N) is 1. The lowest BCUT2D eigenvalue weighted by Gasteiger charge is -2.09. The number of nitrogen functional groups attached to an aromatic ring is 2. The molecule has 0 unspecified atom stereocenters. The normalized spacial score (nSPS) is 9.62. The van der Waals surface area contributed by atoms with Gasteiger partial charge in [-0.15, -0.1) is 0 Å². The lowest BCUT2D eigenvalue weighted by atomic mass is 9.93. The highest BCUT2D eigenvalue weighted by atomic mass is 16.1. The summed E-state index contributed by atoms with van der Waals surface area (Å²) in [5.41, 5.74) is 12.8. The predicted octanol–water partition coefficient (Wildman–Crippen LogP) is -0.397. The van der Waals surface area contributed by atoms with Crippen LogP contribution in [-0.2, 0) is 4.79 Å². The molecule has 2 radical (unpaired) electrons. The second kappa shape index (κ2) is 3.39. The molecule has 1 rings (SSSR count). The van der Waals surface area contributed by atoms with Crippen molar-refractivity contribution in [1.29, 1.82) is 0 Å². The first kappa shape index (κ1) is 9.44. The molecule has 0 fully saturated rings. The van der Waals surface area contributed by atoms with Crippen LogP contribution in [0, 0.1) is 0 Å². The van der Waals surface area contributed by atoms with Gasteiger partial charge in [0.05, 0.1) is 11.4 Å². The van der Waals surface area contributed by atoms with E-state index < -0.39 is 0 Å². The van der Waals surface area contributed by atoms with Crippen molar-refractivity contribution in [3.8, 4) is 0 Å². The third-order valence-electron chi connectivity index (χ3n) is 1.57. The molecule has 0 spiro atoms. The summed E-state index contributed by atoms with van der Waals surface area (Å²) in [6, 6.07) is 3.05. The molecule has 0 atom stereocenters. The summed E-state index contributed by atoms with van der Waals surface area (Å²) in [6.07, 6.45) is 0. The summed E-state index contributed by atoms with van der Waals surface area (Å²) in [5, 5.41) is 2.54. The number of rotatable bonds is 1. The summed E-state index contributed by atoms with van der Waals surface area (Å²) in [7, 11) is 5.50. The summed E-state index contributed by atoms with van der Waals surface area (Å²) < 4.78 is 0. The van der Waals surface area contributed by atoms with Crippen molar-refractivity contribution in [3.05, 3.63) is 12.1 Å². The minimum Gasteiger partial charge on any atom is -0.399 e. The van der Waals surface area contributed by atoms with E-state index in [9.17, 15) is 4.79 Å². The molecule has 0 aromatic heterocycles. The van der Waals surface area contributed by atoms with Gasteiger partial charge < -0.3 is 16.8 Å². The van der Waals surface area contributed by atoms with E-state index in [-0.39, 0.29) is 5.91 Å². The number of carbonyl (C=O) groups is 1. The van der Waals surface area contributed by atoms with Gasteiger partial charge in [-0.3, -0.25) is 4.79 Å². The first-order valence-corrected chi connectivity index (χ1v) is 3.72.